The highest BCUT2D eigenvalue weighted by Gasteiger charge is 2.07. The number of rotatable bonds is 11. The minimum absolute atomic E-state index is 0.218. The van der Waals surface area contributed by atoms with E-state index in [-0.39, 0.29) is 6.61 Å². The van der Waals surface area contributed by atoms with Crippen molar-refractivity contribution in [3.8, 4) is 0 Å². The first-order valence-electron chi connectivity index (χ1n) is 5.64. The van der Waals surface area contributed by atoms with Gasteiger partial charge in [0.2, 0.25) is 0 Å². The van der Waals surface area contributed by atoms with Gasteiger partial charge in [-0.1, -0.05) is 6.42 Å². The molecule has 0 heterocycles. The molecule has 0 aromatic carbocycles. The molecule has 0 aliphatic heterocycles. The Morgan fingerprint density at radius 2 is 1.73 bits per heavy atom. The fourth-order valence-electron chi connectivity index (χ4n) is 1.57. The van der Waals surface area contributed by atoms with Gasteiger partial charge in [0.15, 0.2) is 0 Å². The van der Waals surface area contributed by atoms with Crippen molar-refractivity contribution in [1.29, 1.82) is 0 Å². The SMILES string of the molecule is COCC(CCCCNCCO)COC. The van der Waals surface area contributed by atoms with Gasteiger partial charge in [0.05, 0.1) is 19.8 Å². The van der Waals surface area contributed by atoms with Gasteiger partial charge in [0.25, 0.3) is 0 Å². The molecular formula is C11H25NO3. The Morgan fingerprint density at radius 3 is 2.27 bits per heavy atom. The van der Waals surface area contributed by atoms with Crippen LogP contribution in [0.25, 0.3) is 0 Å². The standard InChI is InChI=1S/C11H25NO3/c1-14-9-11(10-15-2)5-3-4-6-12-7-8-13/h11-13H,3-10H2,1-2H3. The van der Waals surface area contributed by atoms with Crippen LogP contribution < -0.4 is 5.32 Å². The predicted molar refractivity (Wildman–Crippen MR) is 61.0 cm³/mol. The molecule has 0 radical (unpaired) electrons. The molecule has 0 unspecified atom stereocenters. The molecule has 0 aliphatic carbocycles. The molecular weight excluding hydrogens is 194 g/mol. The van der Waals surface area contributed by atoms with Crippen LogP contribution in [0, 0.1) is 5.92 Å². The van der Waals surface area contributed by atoms with Gasteiger partial charge >= 0.3 is 0 Å². The van der Waals surface area contributed by atoms with Crippen molar-refractivity contribution in [3.05, 3.63) is 0 Å². The van der Waals surface area contributed by atoms with E-state index in [1.165, 1.54) is 6.42 Å². The fraction of sp³-hybridized carbons (Fsp3) is 1.00. The first kappa shape index (κ1) is 14.8. The normalized spacial score (nSPS) is 11.2. The predicted octanol–water partition coefficient (Wildman–Crippen LogP) is 0.648. The van der Waals surface area contributed by atoms with Gasteiger partial charge in [-0.15, -0.1) is 0 Å². The zero-order chi connectivity index (χ0) is 11.4. The number of nitrogens with one attached hydrogen (secondary N) is 1. The van der Waals surface area contributed by atoms with Crippen LogP contribution in [0.15, 0.2) is 0 Å². The minimum Gasteiger partial charge on any atom is -0.395 e. The summed E-state index contributed by atoms with van der Waals surface area (Å²) < 4.78 is 10.2. The summed E-state index contributed by atoms with van der Waals surface area (Å²) in [6.45, 7) is 3.44. The fourth-order valence-corrected chi connectivity index (χ4v) is 1.57. The van der Waals surface area contributed by atoms with Crippen LogP contribution in [0.1, 0.15) is 19.3 Å². The molecule has 0 aromatic heterocycles. The van der Waals surface area contributed by atoms with Gasteiger partial charge in [-0.3, -0.25) is 0 Å². The molecule has 4 heteroatoms. The van der Waals surface area contributed by atoms with E-state index in [4.69, 9.17) is 14.6 Å². The summed E-state index contributed by atoms with van der Waals surface area (Å²) in [5.74, 6) is 0.512. The number of methoxy groups -OCH3 is 2. The smallest absolute Gasteiger partial charge is 0.0555 e. The van der Waals surface area contributed by atoms with E-state index in [0.29, 0.717) is 12.5 Å². The maximum Gasteiger partial charge on any atom is 0.0555 e. The second-order valence-corrected chi connectivity index (χ2v) is 3.75. The molecule has 0 spiro atoms. The molecule has 0 saturated carbocycles. The Balaban J connectivity index is 3.28. The average molecular weight is 219 g/mol. The number of aliphatic hydroxyl groups is 1. The molecule has 2 N–H and O–H groups in total. The van der Waals surface area contributed by atoms with Crippen LogP contribution in [-0.4, -0.2) is 52.2 Å². The molecule has 0 aliphatic rings. The third-order valence-corrected chi connectivity index (χ3v) is 2.31. The van der Waals surface area contributed by atoms with E-state index in [1.807, 2.05) is 0 Å². The summed E-state index contributed by atoms with van der Waals surface area (Å²) in [6, 6.07) is 0. The van der Waals surface area contributed by atoms with Crippen molar-refractivity contribution >= 4 is 0 Å². The van der Waals surface area contributed by atoms with Crippen molar-refractivity contribution in [1.82, 2.24) is 5.32 Å². The van der Waals surface area contributed by atoms with Crippen molar-refractivity contribution in [2.75, 3.05) is 47.1 Å². The molecule has 0 rings (SSSR count). The first-order chi connectivity index (χ1) is 7.35. The Kier molecular flexibility index (Phi) is 11.8. The lowest BCUT2D eigenvalue weighted by Crippen LogP contribution is -2.20. The van der Waals surface area contributed by atoms with Crippen molar-refractivity contribution in [2.24, 2.45) is 5.92 Å². The van der Waals surface area contributed by atoms with Crippen LogP contribution in [0.2, 0.25) is 0 Å². The van der Waals surface area contributed by atoms with Gasteiger partial charge in [-0.05, 0) is 19.4 Å². The van der Waals surface area contributed by atoms with Gasteiger partial charge in [0, 0.05) is 26.7 Å². The van der Waals surface area contributed by atoms with Crippen LogP contribution in [-0.2, 0) is 9.47 Å². The molecule has 0 amide bonds. The summed E-state index contributed by atoms with van der Waals surface area (Å²) in [4.78, 5) is 0. The van der Waals surface area contributed by atoms with Gasteiger partial charge < -0.3 is 19.9 Å². The van der Waals surface area contributed by atoms with E-state index in [2.05, 4.69) is 5.32 Å². The van der Waals surface area contributed by atoms with Crippen molar-refractivity contribution in [3.63, 3.8) is 0 Å². The lowest BCUT2D eigenvalue weighted by Gasteiger charge is -2.14. The number of hydrogen-bond donors (Lipinski definition) is 2. The number of ether oxygens (including phenoxy) is 2. The number of aliphatic hydroxyl groups excluding tert-OH is 1. The molecule has 0 atom stereocenters. The monoisotopic (exact) mass is 219 g/mol. The number of hydrogen-bond acceptors (Lipinski definition) is 4. The van der Waals surface area contributed by atoms with Crippen molar-refractivity contribution in [2.45, 2.75) is 19.3 Å². The topological polar surface area (TPSA) is 50.7 Å². The quantitative estimate of drug-likeness (QED) is 0.501. The van der Waals surface area contributed by atoms with E-state index in [9.17, 15) is 0 Å². The highest BCUT2D eigenvalue weighted by Crippen LogP contribution is 2.08. The largest absolute Gasteiger partial charge is 0.395 e. The van der Waals surface area contributed by atoms with E-state index < -0.39 is 0 Å². The van der Waals surface area contributed by atoms with Crippen LogP contribution in [0.5, 0.6) is 0 Å². The Bertz CT molecular complexity index is 116. The molecule has 0 bridgehead atoms. The second kappa shape index (κ2) is 11.9. The van der Waals surface area contributed by atoms with Gasteiger partial charge in [-0.25, -0.2) is 0 Å². The molecule has 0 aromatic rings. The number of unbranched alkanes of at least 4 members (excludes halogenated alkanes) is 1. The third kappa shape index (κ3) is 10.1. The van der Waals surface area contributed by atoms with Crippen LogP contribution in [0.4, 0.5) is 0 Å². The van der Waals surface area contributed by atoms with E-state index >= 15 is 0 Å². The summed E-state index contributed by atoms with van der Waals surface area (Å²) in [6.07, 6.45) is 3.46. The Labute approximate surface area is 93.0 Å². The average Bonchev–Trinajstić information content (AvgIpc) is 2.24. The summed E-state index contributed by atoms with van der Waals surface area (Å²) in [7, 11) is 3.46. The van der Waals surface area contributed by atoms with Crippen LogP contribution >= 0.6 is 0 Å². The molecule has 4 nitrogen and oxygen atoms in total. The summed E-state index contributed by atoms with van der Waals surface area (Å²) in [5.41, 5.74) is 0. The maximum absolute atomic E-state index is 8.56. The van der Waals surface area contributed by atoms with Crippen LogP contribution in [0.3, 0.4) is 0 Å². The van der Waals surface area contributed by atoms with Gasteiger partial charge in [0.1, 0.15) is 0 Å². The molecule has 0 saturated heterocycles. The lowest BCUT2D eigenvalue weighted by atomic mass is 10.0. The Hall–Kier alpha value is -0.160. The lowest BCUT2D eigenvalue weighted by molar-refractivity contribution is 0.0792. The zero-order valence-corrected chi connectivity index (χ0v) is 10.00. The molecule has 92 valence electrons. The van der Waals surface area contributed by atoms with Gasteiger partial charge in [-0.2, -0.15) is 0 Å². The first-order valence-corrected chi connectivity index (χ1v) is 5.64. The highest BCUT2D eigenvalue weighted by atomic mass is 16.5. The second-order valence-electron chi connectivity index (χ2n) is 3.75. The Morgan fingerprint density at radius 1 is 1.07 bits per heavy atom. The zero-order valence-electron chi connectivity index (χ0n) is 10.00. The van der Waals surface area contributed by atoms with Crippen molar-refractivity contribution < 1.29 is 14.6 Å². The molecule has 0 fully saturated rings. The van der Waals surface area contributed by atoms with E-state index in [1.54, 1.807) is 14.2 Å². The summed E-state index contributed by atoms with van der Waals surface area (Å²) >= 11 is 0. The molecule has 15 heavy (non-hydrogen) atoms. The highest BCUT2D eigenvalue weighted by molar-refractivity contribution is 4.58. The minimum atomic E-state index is 0.218. The third-order valence-electron chi connectivity index (χ3n) is 2.31. The maximum atomic E-state index is 8.56. The summed E-state index contributed by atoms with van der Waals surface area (Å²) in [5, 5.41) is 11.7. The van der Waals surface area contributed by atoms with E-state index in [0.717, 1.165) is 32.6 Å².